The molecule has 0 fully saturated rings. The van der Waals surface area contributed by atoms with Gasteiger partial charge in [-0.3, -0.25) is 14.6 Å². The molecule has 1 aromatic heterocycles. The second-order valence-electron chi connectivity index (χ2n) is 4.12. The zero-order chi connectivity index (χ0) is 12.9. The minimum Gasteiger partial charge on any atom is -0.481 e. The molecule has 5 nitrogen and oxygen atoms in total. The number of carboxylic acid groups (broad SMARTS) is 1. The van der Waals surface area contributed by atoms with Gasteiger partial charge in [0.15, 0.2) is 0 Å². The van der Waals surface area contributed by atoms with Crippen LogP contribution in [0.3, 0.4) is 0 Å². The van der Waals surface area contributed by atoms with Crippen LogP contribution in [0.5, 0.6) is 0 Å². The maximum Gasteiger partial charge on any atom is 0.311 e. The van der Waals surface area contributed by atoms with Gasteiger partial charge in [-0.1, -0.05) is 13.0 Å². The van der Waals surface area contributed by atoms with Crippen LogP contribution in [0.15, 0.2) is 24.4 Å². The Hall–Kier alpha value is -1.91. The minimum atomic E-state index is -0.940. The van der Waals surface area contributed by atoms with E-state index in [-0.39, 0.29) is 18.1 Å². The summed E-state index contributed by atoms with van der Waals surface area (Å²) in [5.41, 5.74) is -0.652. The van der Waals surface area contributed by atoms with Crippen LogP contribution in [-0.4, -0.2) is 28.5 Å². The summed E-state index contributed by atoms with van der Waals surface area (Å²) in [4.78, 5) is 26.6. The number of hydrogen-bond donors (Lipinski definition) is 2. The van der Waals surface area contributed by atoms with Gasteiger partial charge in [0, 0.05) is 12.7 Å². The van der Waals surface area contributed by atoms with Gasteiger partial charge in [-0.15, -0.1) is 0 Å². The first-order valence-corrected chi connectivity index (χ1v) is 5.42. The lowest BCUT2D eigenvalue weighted by Gasteiger charge is -2.22. The molecular weight excluding hydrogens is 220 g/mol. The SMILES string of the molecule is CCC(C)(CNC(=O)c1ccccn1)C(=O)O. The lowest BCUT2D eigenvalue weighted by Crippen LogP contribution is -2.40. The van der Waals surface area contributed by atoms with Gasteiger partial charge in [0.05, 0.1) is 5.41 Å². The molecule has 1 aromatic rings. The van der Waals surface area contributed by atoms with Gasteiger partial charge >= 0.3 is 5.97 Å². The van der Waals surface area contributed by atoms with Crippen molar-refractivity contribution in [3.63, 3.8) is 0 Å². The van der Waals surface area contributed by atoms with E-state index in [0.717, 1.165) is 0 Å². The molecule has 5 heteroatoms. The van der Waals surface area contributed by atoms with Crippen LogP contribution in [0.25, 0.3) is 0 Å². The van der Waals surface area contributed by atoms with Crippen molar-refractivity contribution in [1.29, 1.82) is 0 Å². The zero-order valence-electron chi connectivity index (χ0n) is 9.93. The molecule has 0 bridgehead atoms. The molecular formula is C12H16N2O3. The monoisotopic (exact) mass is 236 g/mol. The van der Waals surface area contributed by atoms with Crippen molar-refractivity contribution in [1.82, 2.24) is 10.3 Å². The third-order valence-electron chi connectivity index (χ3n) is 2.83. The van der Waals surface area contributed by atoms with E-state index in [1.165, 1.54) is 6.20 Å². The van der Waals surface area contributed by atoms with Crippen LogP contribution in [-0.2, 0) is 4.79 Å². The second kappa shape index (κ2) is 5.43. The highest BCUT2D eigenvalue weighted by atomic mass is 16.4. The van der Waals surface area contributed by atoms with Gasteiger partial charge in [-0.05, 0) is 25.5 Å². The normalized spacial score (nSPS) is 13.8. The molecule has 0 aromatic carbocycles. The van der Waals surface area contributed by atoms with Gasteiger partial charge < -0.3 is 10.4 Å². The molecule has 0 radical (unpaired) electrons. The Balaban J connectivity index is 2.63. The molecule has 1 unspecified atom stereocenters. The van der Waals surface area contributed by atoms with Crippen molar-refractivity contribution >= 4 is 11.9 Å². The van der Waals surface area contributed by atoms with E-state index in [4.69, 9.17) is 5.11 Å². The van der Waals surface area contributed by atoms with Crippen molar-refractivity contribution < 1.29 is 14.7 Å². The summed E-state index contributed by atoms with van der Waals surface area (Å²) >= 11 is 0. The lowest BCUT2D eigenvalue weighted by atomic mass is 9.88. The quantitative estimate of drug-likeness (QED) is 0.807. The van der Waals surface area contributed by atoms with Crippen LogP contribution in [0.1, 0.15) is 30.8 Å². The Bertz CT molecular complexity index is 405. The van der Waals surface area contributed by atoms with E-state index in [1.54, 1.807) is 32.0 Å². The van der Waals surface area contributed by atoms with Crippen LogP contribution in [0, 0.1) is 5.41 Å². The summed E-state index contributed by atoms with van der Waals surface area (Å²) in [7, 11) is 0. The molecule has 0 saturated heterocycles. The summed E-state index contributed by atoms with van der Waals surface area (Å²) < 4.78 is 0. The average Bonchev–Trinajstić information content (AvgIpc) is 2.36. The van der Waals surface area contributed by atoms with Gasteiger partial charge in [0.2, 0.25) is 0 Å². The van der Waals surface area contributed by atoms with Crippen molar-refractivity contribution in [3.8, 4) is 0 Å². The van der Waals surface area contributed by atoms with Crippen LogP contribution >= 0.6 is 0 Å². The molecule has 17 heavy (non-hydrogen) atoms. The molecule has 1 heterocycles. The summed E-state index contributed by atoms with van der Waals surface area (Å²) in [6.07, 6.45) is 1.97. The number of aliphatic carboxylic acids is 1. The number of nitrogens with zero attached hydrogens (tertiary/aromatic N) is 1. The molecule has 1 amide bonds. The third kappa shape index (κ3) is 3.27. The minimum absolute atomic E-state index is 0.0915. The van der Waals surface area contributed by atoms with Crippen molar-refractivity contribution in [2.75, 3.05) is 6.54 Å². The third-order valence-corrected chi connectivity index (χ3v) is 2.83. The highest BCUT2D eigenvalue weighted by Gasteiger charge is 2.31. The number of amides is 1. The van der Waals surface area contributed by atoms with E-state index in [1.807, 2.05) is 0 Å². The smallest absolute Gasteiger partial charge is 0.311 e. The molecule has 2 N–H and O–H groups in total. The number of aromatic nitrogens is 1. The van der Waals surface area contributed by atoms with Crippen LogP contribution in [0.2, 0.25) is 0 Å². The predicted octanol–water partition coefficient (Wildman–Crippen LogP) is 1.31. The molecule has 0 saturated carbocycles. The fourth-order valence-corrected chi connectivity index (χ4v) is 1.21. The molecule has 1 rings (SSSR count). The number of rotatable bonds is 5. The number of carbonyl (C=O) groups excluding carboxylic acids is 1. The molecule has 0 aliphatic heterocycles. The lowest BCUT2D eigenvalue weighted by molar-refractivity contribution is -0.147. The number of hydrogen-bond acceptors (Lipinski definition) is 3. The first kappa shape index (κ1) is 13.2. The maximum absolute atomic E-state index is 11.7. The second-order valence-corrected chi connectivity index (χ2v) is 4.12. The molecule has 0 aliphatic carbocycles. The topological polar surface area (TPSA) is 79.3 Å². The standard InChI is InChI=1S/C12H16N2O3/c1-3-12(2,11(16)17)8-14-10(15)9-6-4-5-7-13-9/h4-7H,3,8H2,1-2H3,(H,14,15)(H,16,17). The Morgan fingerprint density at radius 1 is 1.47 bits per heavy atom. The van der Waals surface area contributed by atoms with Gasteiger partial charge in [0.25, 0.3) is 5.91 Å². The van der Waals surface area contributed by atoms with E-state index < -0.39 is 11.4 Å². The highest BCUT2D eigenvalue weighted by Crippen LogP contribution is 2.19. The fourth-order valence-electron chi connectivity index (χ4n) is 1.21. The molecule has 0 aliphatic rings. The van der Waals surface area contributed by atoms with Gasteiger partial charge in [-0.2, -0.15) is 0 Å². The Kier molecular flexibility index (Phi) is 4.20. The zero-order valence-corrected chi connectivity index (χ0v) is 9.93. The summed E-state index contributed by atoms with van der Waals surface area (Å²) in [5.74, 6) is -1.27. The first-order valence-electron chi connectivity index (χ1n) is 5.42. The predicted molar refractivity (Wildman–Crippen MR) is 62.6 cm³/mol. The highest BCUT2D eigenvalue weighted by molar-refractivity contribution is 5.92. The Morgan fingerprint density at radius 3 is 2.65 bits per heavy atom. The van der Waals surface area contributed by atoms with E-state index in [9.17, 15) is 9.59 Å². The van der Waals surface area contributed by atoms with Crippen LogP contribution < -0.4 is 5.32 Å². The maximum atomic E-state index is 11.7. The van der Waals surface area contributed by atoms with Crippen LogP contribution in [0.4, 0.5) is 0 Å². The van der Waals surface area contributed by atoms with Gasteiger partial charge in [-0.25, -0.2) is 0 Å². The summed E-state index contributed by atoms with van der Waals surface area (Å²) in [5, 5.41) is 11.6. The van der Waals surface area contributed by atoms with Crippen molar-refractivity contribution in [2.45, 2.75) is 20.3 Å². The molecule has 0 spiro atoms. The number of nitrogens with one attached hydrogen (secondary N) is 1. The number of carboxylic acids is 1. The number of carbonyl (C=O) groups is 2. The Morgan fingerprint density at radius 2 is 2.18 bits per heavy atom. The van der Waals surface area contributed by atoms with E-state index in [2.05, 4.69) is 10.3 Å². The Labute approximate surface area is 99.9 Å². The van der Waals surface area contributed by atoms with Crippen molar-refractivity contribution in [2.24, 2.45) is 5.41 Å². The van der Waals surface area contributed by atoms with Gasteiger partial charge in [0.1, 0.15) is 5.69 Å². The fraction of sp³-hybridized carbons (Fsp3) is 0.417. The van der Waals surface area contributed by atoms with Crippen molar-refractivity contribution in [3.05, 3.63) is 30.1 Å². The van der Waals surface area contributed by atoms with E-state index >= 15 is 0 Å². The largest absolute Gasteiger partial charge is 0.481 e. The number of pyridine rings is 1. The molecule has 92 valence electrons. The summed E-state index contributed by atoms with van der Waals surface area (Å²) in [6, 6.07) is 5.00. The van der Waals surface area contributed by atoms with E-state index in [0.29, 0.717) is 6.42 Å². The molecule has 1 atom stereocenters. The summed E-state index contributed by atoms with van der Waals surface area (Å²) in [6.45, 7) is 3.48. The first-order chi connectivity index (χ1) is 7.99. The average molecular weight is 236 g/mol.